The molecule has 2 aromatic carbocycles. The van der Waals surface area contributed by atoms with E-state index in [0.29, 0.717) is 10.6 Å². The molecule has 0 bridgehead atoms. The highest BCUT2D eigenvalue weighted by molar-refractivity contribution is 7.84. The summed E-state index contributed by atoms with van der Waals surface area (Å²) in [6.07, 6.45) is 0. The van der Waals surface area contributed by atoms with Gasteiger partial charge in [-0.2, -0.15) is 5.26 Å². The Morgan fingerprint density at radius 1 is 1.35 bits per heavy atom. The highest BCUT2D eigenvalue weighted by atomic mass is 32.2. The lowest BCUT2D eigenvalue weighted by Crippen LogP contribution is -2.01. The van der Waals surface area contributed by atoms with Crippen LogP contribution in [0.4, 0.5) is 10.1 Å². The van der Waals surface area contributed by atoms with E-state index in [2.05, 4.69) is 0 Å². The SMILES string of the molecule is Cc1cc(S(=O)Cc2cccc(C#N)c2F)ccc1N. The van der Waals surface area contributed by atoms with Crippen LogP contribution in [0.1, 0.15) is 16.7 Å². The van der Waals surface area contributed by atoms with Gasteiger partial charge in [-0.3, -0.25) is 4.21 Å². The Hall–Kier alpha value is -2.19. The van der Waals surface area contributed by atoms with E-state index < -0.39 is 16.6 Å². The minimum atomic E-state index is -1.38. The largest absolute Gasteiger partial charge is 0.399 e. The van der Waals surface area contributed by atoms with Gasteiger partial charge in [0.2, 0.25) is 0 Å². The molecule has 1 atom stereocenters. The van der Waals surface area contributed by atoms with Crippen molar-refractivity contribution in [1.82, 2.24) is 0 Å². The topological polar surface area (TPSA) is 66.9 Å². The molecule has 0 radical (unpaired) electrons. The fourth-order valence-electron chi connectivity index (χ4n) is 1.79. The van der Waals surface area contributed by atoms with Crippen molar-refractivity contribution in [2.75, 3.05) is 5.73 Å². The van der Waals surface area contributed by atoms with E-state index in [1.54, 1.807) is 30.3 Å². The number of hydrogen-bond donors (Lipinski definition) is 1. The lowest BCUT2D eigenvalue weighted by atomic mass is 10.1. The number of nitrogens with zero attached hydrogens (tertiary/aromatic N) is 1. The van der Waals surface area contributed by atoms with E-state index in [4.69, 9.17) is 11.0 Å². The summed E-state index contributed by atoms with van der Waals surface area (Å²) in [5.41, 5.74) is 7.41. The van der Waals surface area contributed by atoms with E-state index in [9.17, 15) is 8.60 Å². The molecule has 0 fully saturated rings. The molecule has 0 saturated carbocycles. The van der Waals surface area contributed by atoms with Crippen LogP contribution in [0.2, 0.25) is 0 Å². The molecule has 2 N–H and O–H groups in total. The van der Waals surface area contributed by atoms with Crippen LogP contribution in [0.15, 0.2) is 41.3 Å². The summed E-state index contributed by atoms with van der Waals surface area (Å²) in [7, 11) is -1.38. The molecule has 0 spiro atoms. The fraction of sp³-hybridized carbons (Fsp3) is 0.133. The first-order chi connectivity index (χ1) is 9.52. The van der Waals surface area contributed by atoms with Gasteiger partial charge in [0.05, 0.1) is 22.1 Å². The van der Waals surface area contributed by atoms with Crippen molar-refractivity contribution in [2.45, 2.75) is 17.6 Å². The summed E-state index contributed by atoms with van der Waals surface area (Å²) in [5.74, 6) is -0.569. The van der Waals surface area contributed by atoms with Gasteiger partial charge in [0.1, 0.15) is 11.9 Å². The third-order valence-corrected chi connectivity index (χ3v) is 4.34. The number of benzene rings is 2. The lowest BCUT2D eigenvalue weighted by molar-refractivity contribution is 0.611. The predicted octanol–water partition coefficient (Wildman–Crippen LogP) is 2.90. The molecule has 5 heteroatoms. The third kappa shape index (κ3) is 2.86. The molecule has 0 saturated heterocycles. The minimum Gasteiger partial charge on any atom is -0.399 e. The molecule has 0 aliphatic rings. The maximum Gasteiger partial charge on any atom is 0.145 e. The van der Waals surface area contributed by atoms with Gasteiger partial charge in [-0.25, -0.2) is 4.39 Å². The number of aryl methyl sites for hydroxylation is 1. The number of anilines is 1. The Morgan fingerprint density at radius 2 is 2.10 bits per heavy atom. The molecular formula is C15H13FN2OS. The van der Waals surface area contributed by atoms with Crippen LogP contribution in [-0.2, 0) is 16.6 Å². The molecule has 0 aliphatic carbocycles. The average molecular weight is 288 g/mol. The number of rotatable bonds is 3. The molecule has 0 aromatic heterocycles. The summed E-state index contributed by atoms with van der Waals surface area (Å²) in [5, 5.41) is 8.78. The first-order valence-corrected chi connectivity index (χ1v) is 7.27. The molecule has 1 unspecified atom stereocenters. The van der Waals surface area contributed by atoms with Crippen LogP contribution in [0.5, 0.6) is 0 Å². The smallest absolute Gasteiger partial charge is 0.145 e. The zero-order valence-electron chi connectivity index (χ0n) is 10.9. The van der Waals surface area contributed by atoms with Crippen molar-refractivity contribution in [2.24, 2.45) is 0 Å². The van der Waals surface area contributed by atoms with Gasteiger partial charge >= 0.3 is 0 Å². The molecule has 2 aromatic rings. The fourth-order valence-corrected chi connectivity index (χ4v) is 2.99. The molecule has 2 rings (SSSR count). The van der Waals surface area contributed by atoms with E-state index in [-0.39, 0.29) is 16.9 Å². The Balaban J connectivity index is 2.28. The number of nitriles is 1. The molecular weight excluding hydrogens is 275 g/mol. The van der Waals surface area contributed by atoms with Crippen LogP contribution in [0, 0.1) is 24.1 Å². The van der Waals surface area contributed by atoms with Crippen molar-refractivity contribution in [3.63, 3.8) is 0 Å². The molecule has 3 nitrogen and oxygen atoms in total. The van der Waals surface area contributed by atoms with E-state index in [1.807, 2.05) is 6.92 Å². The molecule has 0 heterocycles. The van der Waals surface area contributed by atoms with Crippen LogP contribution in [0.3, 0.4) is 0 Å². The van der Waals surface area contributed by atoms with Crippen molar-refractivity contribution in [1.29, 1.82) is 5.26 Å². The van der Waals surface area contributed by atoms with Crippen LogP contribution < -0.4 is 5.73 Å². The Kier molecular flexibility index (Phi) is 4.16. The Labute approximate surface area is 119 Å². The lowest BCUT2D eigenvalue weighted by Gasteiger charge is -2.07. The Morgan fingerprint density at radius 3 is 2.75 bits per heavy atom. The summed E-state index contributed by atoms with van der Waals surface area (Å²) in [6, 6.07) is 11.4. The Bertz CT molecular complexity index is 722. The van der Waals surface area contributed by atoms with Gasteiger partial charge in [-0.05, 0) is 36.8 Å². The summed E-state index contributed by atoms with van der Waals surface area (Å²) >= 11 is 0. The second kappa shape index (κ2) is 5.85. The molecule has 0 aliphatic heterocycles. The van der Waals surface area contributed by atoms with Gasteiger partial charge in [-0.1, -0.05) is 12.1 Å². The highest BCUT2D eigenvalue weighted by Gasteiger charge is 2.12. The standard InChI is InChI=1S/C15H13FN2OS/c1-10-7-13(5-6-14(10)18)20(19)9-12-4-2-3-11(8-17)15(12)16/h2-7H,9,18H2,1H3. The average Bonchev–Trinajstić information content (AvgIpc) is 2.44. The van der Waals surface area contributed by atoms with Crippen molar-refractivity contribution in [3.05, 3.63) is 58.9 Å². The van der Waals surface area contributed by atoms with Gasteiger partial charge in [0.15, 0.2) is 0 Å². The molecule has 102 valence electrons. The van der Waals surface area contributed by atoms with Gasteiger partial charge in [-0.15, -0.1) is 0 Å². The highest BCUT2D eigenvalue weighted by Crippen LogP contribution is 2.20. The molecule has 20 heavy (non-hydrogen) atoms. The monoisotopic (exact) mass is 288 g/mol. The maximum atomic E-state index is 13.9. The van der Waals surface area contributed by atoms with Gasteiger partial charge in [0.25, 0.3) is 0 Å². The minimum absolute atomic E-state index is 0.0325. The first-order valence-electron chi connectivity index (χ1n) is 5.95. The molecule has 0 amide bonds. The normalized spacial score (nSPS) is 11.8. The van der Waals surface area contributed by atoms with Crippen molar-refractivity contribution in [3.8, 4) is 6.07 Å². The zero-order valence-corrected chi connectivity index (χ0v) is 11.7. The second-order valence-corrected chi connectivity index (χ2v) is 5.85. The predicted molar refractivity (Wildman–Crippen MR) is 76.8 cm³/mol. The number of nitrogen functional groups attached to an aromatic ring is 1. The quantitative estimate of drug-likeness (QED) is 0.883. The van der Waals surface area contributed by atoms with Gasteiger partial charge < -0.3 is 5.73 Å². The van der Waals surface area contributed by atoms with E-state index >= 15 is 0 Å². The second-order valence-electron chi connectivity index (χ2n) is 4.40. The zero-order chi connectivity index (χ0) is 14.7. The van der Waals surface area contributed by atoms with E-state index in [0.717, 1.165) is 5.56 Å². The summed E-state index contributed by atoms with van der Waals surface area (Å²) in [6.45, 7) is 1.83. The first kappa shape index (κ1) is 14.2. The summed E-state index contributed by atoms with van der Waals surface area (Å²) < 4.78 is 26.2. The van der Waals surface area contributed by atoms with Gasteiger partial charge in [0, 0.05) is 16.1 Å². The van der Waals surface area contributed by atoms with Crippen molar-refractivity contribution >= 4 is 16.5 Å². The van der Waals surface area contributed by atoms with Crippen LogP contribution in [-0.4, -0.2) is 4.21 Å². The number of halogens is 1. The van der Waals surface area contributed by atoms with Crippen LogP contribution in [0.25, 0.3) is 0 Å². The number of nitrogens with two attached hydrogens (primary N) is 1. The van der Waals surface area contributed by atoms with Crippen LogP contribution >= 0.6 is 0 Å². The summed E-state index contributed by atoms with van der Waals surface area (Å²) in [4.78, 5) is 0.596. The maximum absolute atomic E-state index is 13.9. The third-order valence-electron chi connectivity index (χ3n) is 2.99. The van der Waals surface area contributed by atoms with E-state index in [1.165, 1.54) is 12.1 Å². The number of hydrogen-bond acceptors (Lipinski definition) is 3. The van der Waals surface area contributed by atoms with Crippen molar-refractivity contribution < 1.29 is 8.60 Å².